The monoisotopic (exact) mass is 449 g/mol. The molecule has 0 fully saturated rings. The Kier molecular flexibility index (Phi) is 26.0. The molecule has 32 heavy (non-hydrogen) atoms. The lowest BCUT2D eigenvalue weighted by atomic mass is 9.94. The third-order valence-electron chi connectivity index (χ3n) is 6.90. The molecule has 0 rings (SSSR count). The van der Waals surface area contributed by atoms with Crippen LogP contribution < -0.4 is 0 Å². The molecule has 0 aromatic carbocycles. The van der Waals surface area contributed by atoms with Crippen molar-refractivity contribution < 1.29 is 9.59 Å². The van der Waals surface area contributed by atoms with E-state index in [1.54, 1.807) is 0 Å². The summed E-state index contributed by atoms with van der Waals surface area (Å²) in [6.07, 6.45) is 33.3. The second kappa shape index (κ2) is 26.6. The lowest BCUT2D eigenvalue weighted by Gasteiger charge is -2.09. The van der Waals surface area contributed by atoms with Gasteiger partial charge in [-0.3, -0.25) is 9.59 Å². The van der Waals surface area contributed by atoms with Crippen molar-refractivity contribution in [1.82, 2.24) is 0 Å². The number of carbonyl (C=O) groups excluding carboxylic acids is 2. The summed E-state index contributed by atoms with van der Waals surface area (Å²) >= 11 is 0. The molecule has 1 radical (unpaired) electrons. The van der Waals surface area contributed by atoms with Crippen molar-refractivity contribution in [3.05, 3.63) is 0 Å². The van der Waals surface area contributed by atoms with E-state index < -0.39 is 5.92 Å². The highest BCUT2D eigenvalue weighted by molar-refractivity contribution is 5.93. The molecule has 0 aliphatic rings. The van der Waals surface area contributed by atoms with Gasteiger partial charge >= 0.3 is 0 Å². The zero-order chi connectivity index (χ0) is 23.5. The molecule has 0 N–H and O–H groups in total. The fourth-order valence-corrected chi connectivity index (χ4v) is 4.61. The summed E-state index contributed by atoms with van der Waals surface area (Å²) in [6, 6.07) is 0. The number of rotatable bonds is 27. The largest absolute Gasteiger partial charge is 0.299 e. The summed E-state index contributed by atoms with van der Waals surface area (Å²) in [6.45, 7) is 4.53. The van der Waals surface area contributed by atoms with Gasteiger partial charge in [0, 0.05) is 6.42 Å². The van der Waals surface area contributed by atoms with Crippen molar-refractivity contribution in [3.63, 3.8) is 0 Å². The Morgan fingerprint density at radius 1 is 0.500 bits per heavy atom. The van der Waals surface area contributed by atoms with E-state index >= 15 is 0 Å². The van der Waals surface area contributed by atoms with Crippen molar-refractivity contribution >= 4 is 12.1 Å². The maximum absolute atomic E-state index is 12.3. The number of carbonyl (C=O) groups is 1. The van der Waals surface area contributed by atoms with Crippen LogP contribution in [0.2, 0.25) is 0 Å². The fraction of sp³-hybridized carbons (Fsp3) is 0.933. The van der Waals surface area contributed by atoms with E-state index in [9.17, 15) is 9.59 Å². The van der Waals surface area contributed by atoms with Crippen molar-refractivity contribution in [2.45, 2.75) is 174 Å². The minimum atomic E-state index is -0.457. The summed E-state index contributed by atoms with van der Waals surface area (Å²) in [4.78, 5) is 23.5. The molecule has 0 heterocycles. The van der Waals surface area contributed by atoms with Gasteiger partial charge in [0.1, 0.15) is 5.78 Å². The van der Waals surface area contributed by atoms with Crippen LogP contribution in [0.15, 0.2) is 0 Å². The van der Waals surface area contributed by atoms with Gasteiger partial charge in [0.15, 0.2) is 0 Å². The summed E-state index contributed by atoms with van der Waals surface area (Å²) in [7, 11) is 0. The lowest BCUT2D eigenvalue weighted by Crippen LogP contribution is -2.15. The van der Waals surface area contributed by atoms with Crippen LogP contribution in [0.4, 0.5) is 0 Å². The van der Waals surface area contributed by atoms with E-state index in [-0.39, 0.29) is 5.78 Å². The van der Waals surface area contributed by atoms with Crippen molar-refractivity contribution in [1.29, 1.82) is 0 Å². The van der Waals surface area contributed by atoms with Gasteiger partial charge in [-0.1, -0.05) is 155 Å². The molecule has 0 aliphatic carbocycles. The fourth-order valence-electron chi connectivity index (χ4n) is 4.61. The number of Topliss-reactive ketones (excluding diaryl/α,β-unsaturated/α-hetero) is 1. The third-order valence-corrected chi connectivity index (χ3v) is 6.90. The van der Waals surface area contributed by atoms with Gasteiger partial charge in [-0.15, -0.1) is 0 Å². The van der Waals surface area contributed by atoms with E-state index in [4.69, 9.17) is 0 Å². The molecule has 0 aromatic rings. The molecular formula is C30H57O2. The van der Waals surface area contributed by atoms with Crippen molar-refractivity contribution in [3.8, 4) is 0 Å². The van der Waals surface area contributed by atoms with Gasteiger partial charge in [-0.2, -0.15) is 0 Å². The van der Waals surface area contributed by atoms with Crippen LogP contribution in [0.1, 0.15) is 174 Å². The number of hydrogen-bond donors (Lipinski definition) is 0. The number of ketones is 1. The zero-order valence-electron chi connectivity index (χ0n) is 22.1. The molecule has 1 unspecified atom stereocenters. The van der Waals surface area contributed by atoms with Gasteiger partial charge in [-0.05, 0) is 12.8 Å². The smallest absolute Gasteiger partial charge is 0.209 e. The minimum absolute atomic E-state index is 0.138. The van der Waals surface area contributed by atoms with E-state index in [0.29, 0.717) is 6.42 Å². The van der Waals surface area contributed by atoms with E-state index in [1.165, 1.54) is 122 Å². The molecule has 189 valence electrons. The standard InChI is InChI=1S/C30H57O2/c1-3-5-7-9-11-13-15-16-17-19-21-23-25-27-30(32)29(28-31)26-24-22-20-18-14-12-10-8-6-4-2/h29H,3-27H2,1-2H3. The van der Waals surface area contributed by atoms with E-state index in [0.717, 1.165) is 32.1 Å². The van der Waals surface area contributed by atoms with Crippen LogP contribution >= 0.6 is 0 Å². The van der Waals surface area contributed by atoms with Crippen LogP contribution in [-0.4, -0.2) is 12.1 Å². The van der Waals surface area contributed by atoms with Crippen LogP contribution in [0.25, 0.3) is 0 Å². The molecule has 0 aliphatic heterocycles. The normalized spacial score (nSPS) is 12.2. The first kappa shape index (κ1) is 31.3. The van der Waals surface area contributed by atoms with Crippen molar-refractivity contribution in [2.75, 3.05) is 0 Å². The molecule has 1 atom stereocenters. The van der Waals surface area contributed by atoms with Gasteiger partial charge in [-0.25, -0.2) is 0 Å². The summed E-state index contributed by atoms with van der Waals surface area (Å²) < 4.78 is 0. The van der Waals surface area contributed by atoms with Gasteiger partial charge < -0.3 is 0 Å². The summed E-state index contributed by atoms with van der Waals surface area (Å²) in [5.74, 6) is -0.319. The highest BCUT2D eigenvalue weighted by Crippen LogP contribution is 2.17. The molecule has 0 saturated carbocycles. The van der Waals surface area contributed by atoms with Crippen LogP contribution in [0.3, 0.4) is 0 Å². The highest BCUT2D eigenvalue weighted by Gasteiger charge is 2.17. The average molecular weight is 450 g/mol. The highest BCUT2D eigenvalue weighted by atomic mass is 16.1. The maximum atomic E-state index is 12.3. The van der Waals surface area contributed by atoms with Gasteiger partial charge in [0.25, 0.3) is 0 Å². The predicted octanol–water partition coefficient (Wildman–Crippen LogP) is 10.1. The molecule has 0 amide bonds. The quantitative estimate of drug-likeness (QED) is 0.0923. The average Bonchev–Trinajstić information content (AvgIpc) is 2.80. The Labute approximate surface area is 202 Å². The Balaban J connectivity index is 3.44. The van der Waals surface area contributed by atoms with Crippen LogP contribution in [-0.2, 0) is 9.59 Å². The van der Waals surface area contributed by atoms with Gasteiger partial charge in [0.05, 0.1) is 5.92 Å². The SMILES string of the molecule is CCCCCCCCCCCCCCCC(=O)C([C]=O)CCCCCCCCCCCC. The molecular weight excluding hydrogens is 392 g/mol. The third kappa shape index (κ3) is 22.5. The van der Waals surface area contributed by atoms with Gasteiger partial charge in [0.2, 0.25) is 6.29 Å². The molecule has 0 spiro atoms. The molecule has 0 saturated heterocycles. The number of unbranched alkanes of at least 4 members (excludes halogenated alkanes) is 21. The van der Waals surface area contributed by atoms with E-state index in [1.807, 2.05) is 6.29 Å². The Morgan fingerprint density at radius 2 is 0.812 bits per heavy atom. The molecule has 2 heteroatoms. The first-order valence-electron chi connectivity index (χ1n) is 14.7. The number of hydrogen-bond acceptors (Lipinski definition) is 2. The summed E-state index contributed by atoms with van der Waals surface area (Å²) in [5, 5.41) is 0. The second-order valence-corrected chi connectivity index (χ2v) is 10.1. The predicted molar refractivity (Wildman–Crippen MR) is 141 cm³/mol. The second-order valence-electron chi connectivity index (χ2n) is 10.1. The first-order chi connectivity index (χ1) is 15.8. The minimum Gasteiger partial charge on any atom is -0.299 e. The maximum Gasteiger partial charge on any atom is 0.209 e. The topological polar surface area (TPSA) is 34.1 Å². The van der Waals surface area contributed by atoms with Crippen LogP contribution in [0.5, 0.6) is 0 Å². The molecule has 0 bridgehead atoms. The molecule has 0 aromatic heterocycles. The van der Waals surface area contributed by atoms with Crippen LogP contribution in [0, 0.1) is 5.92 Å². The van der Waals surface area contributed by atoms with E-state index in [2.05, 4.69) is 13.8 Å². The summed E-state index contributed by atoms with van der Waals surface area (Å²) in [5.41, 5.74) is 0. The lowest BCUT2D eigenvalue weighted by molar-refractivity contribution is -0.121. The zero-order valence-corrected chi connectivity index (χ0v) is 22.1. The Hall–Kier alpha value is -0.660. The first-order valence-corrected chi connectivity index (χ1v) is 14.7. The van der Waals surface area contributed by atoms with Crippen molar-refractivity contribution in [2.24, 2.45) is 5.92 Å². The Bertz CT molecular complexity index is 390. The molecule has 2 nitrogen and oxygen atoms in total. The Morgan fingerprint density at radius 3 is 1.16 bits per heavy atom.